The summed E-state index contributed by atoms with van der Waals surface area (Å²) in [6.45, 7) is 1.70. The lowest BCUT2D eigenvalue weighted by Crippen LogP contribution is -2.29. The third-order valence-electron chi connectivity index (χ3n) is 3.84. The summed E-state index contributed by atoms with van der Waals surface area (Å²) < 4.78 is 5.24. The quantitative estimate of drug-likeness (QED) is 0.431. The molecule has 146 valence electrons. The lowest BCUT2D eigenvalue weighted by molar-refractivity contribution is 0.200. The van der Waals surface area contributed by atoms with Crippen molar-refractivity contribution in [3.8, 4) is 17.2 Å². The van der Waals surface area contributed by atoms with E-state index in [9.17, 15) is 15.0 Å². The van der Waals surface area contributed by atoms with Gasteiger partial charge in [0.2, 0.25) is 0 Å². The zero-order valence-corrected chi connectivity index (χ0v) is 16.2. The number of hydrogen-bond acceptors (Lipinski definition) is 5. The number of halogens is 2. The van der Waals surface area contributed by atoms with Crippen LogP contribution in [0.4, 0.5) is 10.5 Å². The van der Waals surface area contributed by atoms with Gasteiger partial charge in [-0.15, -0.1) is 23.2 Å². The molecule has 0 aliphatic heterocycles. The Morgan fingerprint density at radius 3 is 2.26 bits per heavy atom. The van der Waals surface area contributed by atoms with Crippen molar-refractivity contribution in [3.05, 3.63) is 48.0 Å². The maximum absolute atomic E-state index is 11.9. The van der Waals surface area contributed by atoms with Gasteiger partial charge in [0.05, 0.1) is 0 Å². The molecule has 0 aliphatic carbocycles. The van der Waals surface area contributed by atoms with Crippen molar-refractivity contribution >= 4 is 35.0 Å². The van der Waals surface area contributed by atoms with Gasteiger partial charge in [-0.2, -0.15) is 0 Å². The number of ether oxygens (including phenoxy) is 1. The van der Waals surface area contributed by atoms with Crippen LogP contribution in [0, 0.1) is 0 Å². The maximum atomic E-state index is 11.9. The van der Waals surface area contributed by atoms with Crippen LogP contribution in [0.2, 0.25) is 0 Å². The second-order valence-corrected chi connectivity index (χ2v) is 6.50. The molecule has 0 saturated heterocycles. The van der Waals surface area contributed by atoms with Crippen LogP contribution in [-0.4, -0.2) is 47.7 Å². The van der Waals surface area contributed by atoms with Crippen molar-refractivity contribution in [3.63, 3.8) is 0 Å². The molecule has 2 rings (SSSR count). The molecule has 0 aliphatic rings. The standard InChI is InChI=1S/C19H22Cl2N2O4/c20-8-11-23(12-9-21)15-2-4-16(5-3-15)27-19(26)22-10-7-14-1-6-17(24)18(25)13-14/h1-6,13,24-25H,7-12H2,(H,22,26). The van der Waals surface area contributed by atoms with Crippen LogP contribution in [0.25, 0.3) is 0 Å². The van der Waals surface area contributed by atoms with E-state index in [1.807, 2.05) is 12.1 Å². The van der Waals surface area contributed by atoms with E-state index in [2.05, 4.69) is 10.2 Å². The number of nitrogens with one attached hydrogen (secondary N) is 1. The molecular formula is C19H22Cl2N2O4. The van der Waals surface area contributed by atoms with Crippen molar-refractivity contribution in [2.75, 3.05) is 36.3 Å². The maximum Gasteiger partial charge on any atom is 0.412 e. The first kappa shape index (κ1) is 21.0. The normalized spacial score (nSPS) is 10.4. The molecule has 1 amide bonds. The fourth-order valence-electron chi connectivity index (χ4n) is 2.48. The molecule has 0 saturated carbocycles. The summed E-state index contributed by atoms with van der Waals surface area (Å²) in [7, 11) is 0. The molecule has 0 atom stereocenters. The Hall–Kier alpha value is -2.31. The minimum Gasteiger partial charge on any atom is -0.504 e. The summed E-state index contributed by atoms with van der Waals surface area (Å²) in [6, 6.07) is 11.7. The van der Waals surface area contributed by atoms with Gasteiger partial charge in [0.25, 0.3) is 0 Å². The SMILES string of the molecule is O=C(NCCc1ccc(O)c(O)c1)Oc1ccc(N(CCCl)CCCl)cc1. The summed E-state index contributed by atoms with van der Waals surface area (Å²) in [4.78, 5) is 13.9. The first-order valence-electron chi connectivity index (χ1n) is 8.47. The van der Waals surface area contributed by atoms with Gasteiger partial charge in [0, 0.05) is 37.1 Å². The van der Waals surface area contributed by atoms with Gasteiger partial charge in [0.1, 0.15) is 5.75 Å². The van der Waals surface area contributed by atoms with Crippen LogP contribution < -0.4 is 15.0 Å². The first-order chi connectivity index (χ1) is 13.0. The zero-order chi connectivity index (χ0) is 19.6. The molecule has 0 radical (unpaired) electrons. The molecule has 0 unspecified atom stereocenters. The number of alkyl halides is 2. The van der Waals surface area contributed by atoms with Crippen molar-refractivity contribution in [1.82, 2.24) is 5.32 Å². The topological polar surface area (TPSA) is 82.0 Å². The highest BCUT2D eigenvalue weighted by Crippen LogP contribution is 2.25. The molecule has 0 fully saturated rings. The van der Waals surface area contributed by atoms with Gasteiger partial charge in [-0.05, 0) is 48.4 Å². The number of nitrogens with zero attached hydrogens (tertiary/aromatic N) is 1. The Labute approximate surface area is 168 Å². The Kier molecular flexibility index (Phi) is 8.36. The van der Waals surface area contributed by atoms with Gasteiger partial charge >= 0.3 is 6.09 Å². The molecule has 8 heteroatoms. The van der Waals surface area contributed by atoms with E-state index in [1.165, 1.54) is 12.1 Å². The highest BCUT2D eigenvalue weighted by Gasteiger charge is 2.08. The van der Waals surface area contributed by atoms with E-state index in [1.54, 1.807) is 18.2 Å². The molecule has 0 heterocycles. The Morgan fingerprint density at radius 1 is 1.00 bits per heavy atom. The monoisotopic (exact) mass is 412 g/mol. The van der Waals surface area contributed by atoms with Crippen LogP contribution in [0.3, 0.4) is 0 Å². The summed E-state index contributed by atoms with van der Waals surface area (Å²) >= 11 is 11.6. The lowest BCUT2D eigenvalue weighted by Gasteiger charge is -2.22. The summed E-state index contributed by atoms with van der Waals surface area (Å²) in [6.07, 6.45) is -0.0719. The molecule has 6 nitrogen and oxygen atoms in total. The molecule has 0 spiro atoms. The van der Waals surface area contributed by atoms with Crippen molar-refractivity contribution in [2.45, 2.75) is 6.42 Å². The van der Waals surface area contributed by atoms with Crippen LogP contribution in [0.1, 0.15) is 5.56 Å². The van der Waals surface area contributed by atoms with Crippen LogP contribution in [0.5, 0.6) is 17.2 Å². The van der Waals surface area contributed by atoms with Gasteiger partial charge in [-0.1, -0.05) is 6.07 Å². The van der Waals surface area contributed by atoms with Gasteiger partial charge in [0.15, 0.2) is 11.5 Å². The number of hydrogen-bond donors (Lipinski definition) is 3. The third-order valence-corrected chi connectivity index (χ3v) is 4.18. The largest absolute Gasteiger partial charge is 0.504 e. The van der Waals surface area contributed by atoms with E-state index >= 15 is 0 Å². The van der Waals surface area contributed by atoms with Crippen molar-refractivity contribution in [2.24, 2.45) is 0 Å². The summed E-state index contributed by atoms with van der Waals surface area (Å²) in [5.41, 5.74) is 1.74. The molecule has 27 heavy (non-hydrogen) atoms. The molecule has 2 aromatic rings. The number of aromatic hydroxyl groups is 2. The number of rotatable bonds is 9. The second kappa shape index (κ2) is 10.7. The smallest absolute Gasteiger partial charge is 0.412 e. The Morgan fingerprint density at radius 2 is 1.67 bits per heavy atom. The van der Waals surface area contributed by atoms with Gasteiger partial charge in [-0.25, -0.2) is 4.79 Å². The first-order valence-corrected chi connectivity index (χ1v) is 9.54. The number of amides is 1. The van der Waals surface area contributed by atoms with Crippen LogP contribution in [-0.2, 0) is 6.42 Å². The fraction of sp³-hybridized carbons (Fsp3) is 0.316. The predicted octanol–water partition coefficient (Wildman–Crippen LogP) is 3.71. The number of carbonyl (C=O) groups is 1. The van der Waals surface area contributed by atoms with Gasteiger partial charge < -0.3 is 25.2 Å². The molecular weight excluding hydrogens is 391 g/mol. The highest BCUT2D eigenvalue weighted by molar-refractivity contribution is 6.18. The van der Waals surface area contributed by atoms with E-state index < -0.39 is 6.09 Å². The summed E-state index contributed by atoms with van der Waals surface area (Å²) in [5.74, 6) is 1.06. The van der Waals surface area contributed by atoms with Crippen molar-refractivity contribution in [1.29, 1.82) is 0 Å². The number of carbonyl (C=O) groups excluding carboxylic acids is 1. The van der Waals surface area contributed by atoms with Crippen LogP contribution in [0.15, 0.2) is 42.5 Å². The van der Waals surface area contributed by atoms with Crippen molar-refractivity contribution < 1.29 is 19.7 Å². The Balaban J connectivity index is 1.81. The number of anilines is 1. The Bertz CT molecular complexity index is 735. The second-order valence-electron chi connectivity index (χ2n) is 5.75. The summed E-state index contributed by atoms with van der Waals surface area (Å²) in [5, 5.41) is 21.4. The van der Waals surface area contributed by atoms with Crippen LogP contribution >= 0.6 is 23.2 Å². The number of phenolic OH excluding ortho intramolecular Hbond substituents is 2. The molecule has 0 bridgehead atoms. The zero-order valence-electron chi connectivity index (χ0n) is 14.7. The van der Waals surface area contributed by atoms with E-state index in [0.717, 1.165) is 11.3 Å². The van der Waals surface area contributed by atoms with E-state index in [0.29, 0.717) is 43.6 Å². The van der Waals surface area contributed by atoms with Gasteiger partial charge in [-0.3, -0.25) is 0 Å². The third kappa shape index (κ3) is 6.73. The average Bonchev–Trinajstić information content (AvgIpc) is 2.65. The van der Waals surface area contributed by atoms with E-state index in [-0.39, 0.29) is 11.5 Å². The average molecular weight is 413 g/mol. The number of phenols is 2. The fourth-order valence-corrected chi connectivity index (χ4v) is 2.88. The molecule has 2 aromatic carbocycles. The minimum absolute atomic E-state index is 0.176. The minimum atomic E-state index is -0.566. The predicted molar refractivity (Wildman–Crippen MR) is 108 cm³/mol. The number of benzene rings is 2. The van der Waals surface area contributed by atoms with E-state index in [4.69, 9.17) is 27.9 Å². The molecule has 3 N–H and O–H groups in total. The lowest BCUT2D eigenvalue weighted by atomic mass is 10.1. The molecule has 0 aromatic heterocycles. The highest BCUT2D eigenvalue weighted by atomic mass is 35.5.